The molecule has 1 aliphatic carbocycles. The van der Waals surface area contributed by atoms with Gasteiger partial charge >= 0.3 is 0 Å². The Bertz CT molecular complexity index is 116. The first kappa shape index (κ1) is 8.06. The summed E-state index contributed by atoms with van der Waals surface area (Å²) in [5, 5.41) is 0. The fourth-order valence-corrected chi connectivity index (χ4v) is 1.47. The van der Waals surface area contributed by atoms with Crippen molar-refractivity contribution < 1.29 is 0 Å². The standard InChI is InChI=1S/C9H19N/c1-4-7(2)8(10)9(3)5-6-9/h7-8H,4-6,10H2,1-3H3. The molecule has 0 aliphatic heterocycles. The second kappa shape index (κ2) is 2.54. The van der Waals surface area contributed by atoms with Crippen molar-refractivity contribution in [3.05, 3.63) is 0 Å². The van der Waals surface area contributed by atoms with Crippen molar-refractivity contribution in [1.29, 1.82) is 0 Å². The largest absolute Gasteiger partial charge is 0.327 e. The molecule has 2 atom stereocenters. The molecule has 2 N–H and O–H groups in total. The van der Waals surface area contributed by atoms with Crippen molar-refractivity contribution in [2.75, 3.05) is 0 Å². The zero-order chi connectivity index (χ0) is 7.78. The van der Waals surface area contributed by atoms with E-state index in [4.69, 9.17) is 5.73 Å². The third kappa shape index (κ3) is 1.34. The lowest BCUT2D eigenvalue weighted by molar-refractivity contribution is 0.319. The quantitative estimate of drug-likeness (QED) is 0.640. The third-order valence-corrected chi connectivity index (χ3v) is 3.10. The number of nitrogens with two attached hydrogens (primary N) is 1. The molecule has 1 saturated carbocycles. The number of rotatable bonds is 3. The van der Waals surface area contributed by atoms with Gasteiger partial charge in [0.1, 0.15) is 0 Å². The van der Waals surface area contributed by atoms with E-state index in [1.165, 1.54) is 19.3 Å². The summed E-state index contributed by atoms with van der Waals surface area (Å²) in [6.45, 7) is 6.79. The third-order valence-electron chi connectivity index (χ3n) is 3.10. The predicted octanol–water partition coefficient (Wildman–Crippen LogP) is 2.16. The minimum absolute atomic E-state index is 0.442. The summed E-state index contributed by atoms with van der Waals surface area (Å²) in [6, 6.07) is 0.442. The molecule has 0 aromatic carbocycles. The molecule has 2 unspecified atom stereocenters. The van der Waals surface area contributed by atoms with E-state index in [1.807, 2.05) is 0 Å². The smallest absolute Gasteiger partial charge is 0.0119 e. The Balaban J connectivity index is 2.40. The van der Waals surface area contributed by atoms with E-state index in [2.05, 4.69) is 20.8 Å². The molecule has 1 aliphatic rings. The zero-order valence-electron chi connectivity index (χ0n) is 7.35. The van der Waals surface area contributed by atoms with Crippen LogP contribution in [0.25, 0.3) is 0 Å². The maximum absolute atomic E-state index is 6.07. The molecular formula is C9H19N. The van der Waals surface area contributed by atoms with Gasteiger partial charge in [-0.2, -0.15) is 0 Å². The minimum atomic E-state index is 0.442. The predicted molar refractivity (Wildman–Crippen MR) is 44.8 cm³/mol. The van der Waals surface area contributed by atoms with Crippen LogP contribution in [0.4, 0.5) is 0 Å². The van der Waals surface area contributed by atoms with Crippen LogP contribution in [0.3, 0.4) is 0 Å². The Morgan fingerprint density at radius 2 is 2.00 bits per heavy atom. The monoisotopic (exact) mass is 141 g/mol. The molecule has 0 heterocycles. The first-order valence-electron chi connectivity index (χ1n) is 4.36. The van der Waals surface area contributed by atoms with Gasteiger partial charge in [0.05, 0.1) is 0 Å². The van der Waals surface area contributed by atoms with Crippen LogP contribution < -0.4 is 5.73 Å². The molecule has 0 saturated heterocycles. The van der Waals surface area contributed by atoms with E-state index in [1.54, 1.807) is 0 Å². The zero-order valence-corrected chi connectivity index (χ0v) is 7.35. The molecule has 10 heavy (non-hydrogen) atoms. The summed E-state index contributed by atoms with van der Waals surface area (Å²) in [6.07, 6.45) is 3.91. The Kier molecular flexibility index (Phi) is 2.04. The normalized spacial score (nSPS) is 27.6. The maximum atomic E-state index is 6.07. The molecule has 1 fully saturated rings. The topological polar surface area (TPSA) is 26.0 Å². The van der Waals surface area contributed by atoms with Crippen LogP contribution in [-0.4, -0.2) is 6.04 Å². The Morgan fingerprint density at radius 1 is 1.50 bits per heavy atom. The molecule has 1 rings (SSSR count). The summed E-state index contributed by atoms with van der Waals surface area (Å²) in [5.74, 6) is 0.701. The van der Waals surface area contributed by atoms with Crippen LogP contribution in [0.1, 0.15) is 40.0 Å². The number of hydrogen-bond donors (Lipinski definition) is 1. The first-order valence-corrected chi connectivity index (χ1v) is 4.36. The SMILES string of the molecule is CCC(C)C(N)C1(C)CC1. The molecule has 0 aromatic rings. The van der Waals surface area contributed by atoms with E-state index in [0.29, 0.717) is 17.4 Å². The molecule has 60 valence electrons. The van der Waals surface area contributed by atoms with E-state index in [0.717, 1.165) is 0 Å². The fraction of sp³-hybridized carbons (Fsp3) is 1.00. The van der Waals surface area contributed by atoms with E-state index >= 15 is 0 Å². The van der Waals surface area contributed by atoms with E-state index in [9.17, 15) is 0 Å². The van der Waals surface area contributed by atoms with Gasteiger partial charge in [0.2, 0.25) is 0 Å². The van der Waals surface area contributed by atoms with Gasteiger partial charge in [-0.25, -0.2) is 0 Å². The molecule has 0 bridgehead atoms. The van der Waals surface area contributed by atoms with Gasteiger partial charge in [0.15, 0.2) is 0 Å². The average molecular weight is 141 g/mol. The highest BCUT2D eigenvalue weighted by molar-refractivity contribution is 4.98. The van der Waals surface area contributed by atoms with Crippen LogP contribution in [-0.2, 0) is 0 Å². The van der Waals surface area contributed by atoms with Gasteiger partial charge in [-0.15, -0.1) is 0 Å². The number of hydrogen-bond acceptors (Lipinski definition) is 1. The maximum Gasteiger partial charge on any atom is 0.0119 e. The first-order chi connectivity index (χ1) is 4.60. The lowest BCUT2D eigenvalue weighted by Gasteiger charge is -2.24. The molecule has 0 amide bonds. The highest BCUT2D eigenvalue weighted by Crippen LogP contribution is 2.49. The van der Waals surface area contributed by atoms with Crippen LogP contribution in [0.2, 0.25) is 0 Å². The summed E-state index contributed by atoms with van der Waals surface area (Å²) in [5.41, 5.74) is 6.58. The Labute approximate surface area is 64.0 Å². The molecule has 0 aromatic heterocycles. The highest BCUT2D eigenvalue weighted by atomic mass is 14.7. The molecule has 0 radical (unpaired) electrons. The van der Waals surface area contributed by atoms with Gasteiger partial charge in [-0.3, -0.25) is 0 Å². The van der Waals surface area contributed by atoms with Crippen LogP contribution in [0.15, 0.2) is 0 Å². The molecule has 1 nitrogen and oxygen atoms in total. The van der Waals surface area contributed by atoms with Gasteiger partial charge in [0.25, 0.3) is 0 Å². The van der Waals surface area contributed by atoms with Crippen molar-refractivity contribution >= 4 is 0 Å². The second-order valence-corrected chi connectivity index (χ2v) is 4.07. The van der Waals surface area contributed by atoms with Gasteiger partial charge in [-0.05, 0) is 24.2 Å². The van der Waals surface area contributed by atoms with Gasteiger partial charge in [-0.1, -0.05) is 27.2 Å². The Hall–Kier alpha value is -0.0400. The summed E-state index contributed by atoms with van der Waals surface area (Å²) >= 11 is 0. The molecular weight excluding hydrogens is 122 g/mol. The van der Waals surface area contributed by atoms with Crippen molar-refractivity contribution in [3.63, 3.8) is 0 Å². The summed E-state index contributed by atoms with van der Waals surface area (Å²) < 4.78 is 0. The lowest BCUT2D eigenvalue weighted by atomic mass is 9.87. The van der Waals surface area contributed by atoms with Crippen molar-refractivity contribution in [1.82, 2.24) is 0 Å². The van der Waals surface area contributed by atoms with Crippen LogP contribution in [0, 0.1) is 11.3 Å². The second-order valence-electron chi connectivity index (χ2n) is 4.07. The van der Waals surface area contributed by atoms with Gasteiger partial charge < -0.3 is 5.73 Å². The minimum Gasteiger partial charge on any atom is -0.327 e. The Morgan fingerprint density at radius 3 is 2.30 bits per heavy atom. The average Bonchev–Trinajstić information content (AvgIpc) is 2.66. The fourth-order valence-electron chi connectivity index (χ4n) is 1.47. The van der Waals surface area contributed by atoms with Crippen LogP contribution in [0.5, 0.6) is 0 Å². The summed E-state index contributed by atoms with van der Waals surface area (Å²) in [7, 11) is 0. The lowest BCUT2D eigenvalue weighted by Crippen LogP contribution is -2.35. The van der Waals surface area contributed by atoms with Crippen molar-refractivity contribution in [3.8, 4) is 0 Å². The van der Waals surface area contributed by atoms with Crippen molar-refractivity contribution in [2.45, 2.75) is 46.1 Å². The van der Waals surface area contributed by atoms with Crippen molar-refractivity contribution in [2.24, 2.45) is 17.1 Å². The van der Waals surface area contributed by atoms with E-state index < -0.39 is 0 Å². The molecule has 0 spiro atoms. The molecule has 1 heteroatoms. The van der Waals surface area contributed by atoms with Crippen LogP contribution >= 0.6 is 0 Å². The highest BCUT2D eigenvalue weighted by Gasteiger charge is 2.44. The van der Waals surface area contributed by atoms with Gasteiger partial charge in [0, 0.05) is 6.04 Å². The summed E-state index contributed by atoms with van der Waals surface area (Å²) in [4.78, 5) is 0. The van der Waals surface area contributed by atoms with E-state index in [-0.39, 0.29) is 0 Å².